The first-order valence-corrected chi connectivity index (χ1v) is 10.5. The fraction of sp³-hybridized carbons (Fsp3) is 0.286. The normalized spacial score (nSPS) is 14.7. The van der Waals surface area contributed by atoms with Gasteiger partial charge in [0.1, 0.15) is 5.82 Å². The number of aryl methyl sites for hydroxylation is 1. The monoisotopic (exact) mass is 443 g/mol. The highest BCUT2D eigenvalue weighted by molar-refractivity contribution is 6.31. The second-order valence-electron chi connectivity index (χ2n) is 7.27. The summed E-state index contributed by atoms with van der Waals surface area (Å²) in [5.41, 5.74) is 8.88. The summed E-state index contributed by atoms with van der Waals surface area (Å²) in [5.74, 6) is 1.24. The molecule has 4 rings (SSSR count). The third-order valence-electron chi connectivity index (χ3n) is 5.04. The molecule has 1 aliphatic heterocycles. The van der Waals surface area contributed by atoms with Crippen LogP contribution in [0.15, 0.2) is 42.5 Å². The van der Waals surface area contributed by atoms with Gasteiger partial charge in [0, 0.05) is 47.6 Å². The Labute approximate surface area is 185 Å². The Balaban J connectivity index is 1.39. The summed E-state index contributed by atoms with van der Waals surface area (Å²) < 4.78 is 0. The molecule has 0 radical (unpaired) electrons. The Kier molecular flexibility index (Phi) is 6.22. The molecule has 1 fully saturated rings. The van der Waals surface area contributed by atoms with Crippen molar-refractivity contribution in [2.24, 2.45) is 0 Å². The number of aromatic nitrogens is 3. The van der Waals surface area contributed by atoms with Gasteiger partial charge in [0.05, 0.1) is 6.54 Å². The Morgan fingerprint density at radius 2 is 1.80 bits per heavy atom. The number of hydrogen-bond acceptors (Lipinski definition) is 7. The zero-order chi connectivity index (χ0) is 21.1. The molecule has 0 atom stereocenters. The van der Waals surface area contributed by atoms with Crippen molar-refractivity contribution in [3.63, 3.8) is 0 Å². The largest absolute Gasteiger partial charge is 0.369 e. The average Bonchev–Trinajstić information content (AvgIpc) is 2.71. The van der Waals surface area contributed by atoms with Crippen molar-refractivity contribution >= 4 is 46.5 Å². The Hall–Kier alpha value is -2.61. The predicted molar refractivity (Wildman–Crippen MR) is 123 cm³/mol. The van der Waals surface area contributed by atoms with E-state index in [2.05, 4.69) is 36.1 Å². The number of halogens is 2. The van der Waals surface area contributed by atoms with Gasteiger partial charge in [0.2, 0.25) is 11.9 Å². The van der Waals surface area contributed by atoms with Gasteiger partial charge in [-0.1, -0.05) is 35.3 Å². The van der Waals surface area contributed by atoms with Crippen LogP contribution in [-0.2, 0) is 6.54 Å². The third kappa shape index (κ3) is 5.11. The molecule has 2 heterocycles. The highest BCUT2D eigenvalue weighted by Gasteiger charge is 2.19. The van der Waals surface area contributed by atoms with Crippen molar-refractivity contribution in [2.75, 3.05) is 42.1 Å². The molecule has 3 aromatic rings. The third-order valence-corrected chi connectivity index (χ3v) is 5.68. The molecule has 2 aromatic carbocycles. The molecule has 1 saturated heterocycles. The van der Waals surface area contributed by atoms with Crippen molar-refractivity contribution in [2.45, 2.75) is 13.5 Å². The van der Waals surface area contributed by atoms with E-state index in [-0.39, 0.29) is 5.95 Å². The summed E-state index contributed by atoms with van der Waals surface area (Å²) in [6.45, 7) is 6.18. The van der Waals surface area contributed by atoms with Gasteiger partial charge in [0.15, 0.2) is 0 Å². The Morgan fingerprint density at radius 1 is 1.00 bits per heavy atom. The van der Waals surface area contributed by atoms with E-state index in [0.29, 0.717) is 23.3 Å². The van der Waals surface area contributed by atoms with Crippen LogP contribution in [0.3, 0.4) is 0 Å². The van der Waals surface area contributed by atoms with Crippen LogP contribution in [0, 0.1) is 6.92 Å². The van der Waals surface area contributed by atoms with Gasteiger partial charge in [-0.3, -0.25) is 4.90 Å². The topological polar surface area (TPSA) is 83.2 Å². The number of benzene rings is 2. The van der Waals surface area contributed by atoms with E-state index in [9.17, 15) is 0 Å². The number of nitrogens with zero attached hydrogens (tertiary/aromatic N) is 5. The molecule has 156 valence electrons. The van der Waals surface area contributed by atoms with Crippen LogP contribution >= 0.6 is 23.2 Å². The minimum Gasteiger partial charge on any atom is -0.369 e. The first-order valence-electron chi connectivity index (χ1n) is 9.73. The second kappa shape index (κ2) is 9.04. The molecule has 7 nitrogen and oxygen atoms in total. The van der Waals surface area contributed by atoms with Crippen LogP contribution in [0.4, 0.5) is 23.3 Å². The molecule has 3 N–H and O–H groups in total. The standard InChI is InChI=1S/C21H23Cl2N7/c1-14-5-6-16(12-18(14)23)25-21-27-19(26-20(24)28-21)13-29-7-9-30(10-8-29)17-4-2-3-15(22)11-17/h2-6,11-12H,7-10,13H2,1H3,(H3,24,25,26,27,28). The maximum absolute atomic E-state index is 6.20. The van der Waals surface area contributed by atoms with Crippen LogP contribution in [0.1, 0.15) is 11.4 Å². The molecule has 1 aliphatic rings. The molecule has 0 unspecified atom stereocenters. The number of piperazine rings is 1. The molecule has 0 bridgehead atoms. The highest BCUT2D eigenvalue weighted by Crippen LogP contribution is 2.23. The maximum atomic E-state index is 6.20. The summed E-state index contributed by atoms with van der Waals surface area (Å²) in [5, 5.41) is 4.59. The van der Waals surface area contributed by atoms with Gasteiger partial charge < -0.3 is 16.0 Å². The lowest BCUT2D eigenvalue weighted by Gasteiger charge is -2.35. The Bertz CT molecular complexity index is 1040. The molecule has 9 heteroatoms. The van der Waals surface area contributed by atoms with Crippen LogP contribution in [0.2, 0.25) is 10.0 Å². The van der Waals surface area contributed by atoms with Crippen molar-refractivity contribution in [3.05, 3.63) is 63.9 Å². The van der Waals surface area contributed by atoms with Crippen molar-refractivity contribution in [1.29, 1.82) is 0 Å². The summed E-state index contributed by atoms with van der Waals surface area (Å²) in [4.78, 5) is 17.7. The van der Waals surface area contributed by atoms with E-state index in [1.54, 1.807) is 0 Å². The average molecular weight is 444 g/mol. The smallest absolute Gasteiger partial charge is 0.232 e. The molecule has 30 heavy (non-hydrogen) atoms. The van der Waals surface area contributed by atoms with Crippen LogP contribution in [0.5, 0.6) is 0 Å². The number of nitrogen functional groups attached to an aromatic ring is 1. The van der Waals surface area contributed by atoms with Gasteiger partial charge in [-0.05, 0) is 42.8 Å². The molecule has 0 saturated carbocycles. The summed E-state index contributed by atoms with van der Waals surface area (Å²) in [6.07, 6.45) is 0. The van der Waals surface area contributed by atoms with Gasteiger partial charge in [0.25, 0.3) is 0 Å². The SMILES string of the molecule is Cc1ccc(Nc2nc(N)nc(CN3CCN(c4cccc(Cl)c4)CC3)n2)cc1Cl. The lowest BCUT2D eigenvalue weighted by atomic mass is 10.2. The Morgan fingerprint density at radius 3 is 2.53 bits per heavy atom. The zero-order valence-corrected chi connectivity index (χ0v) is 18.2. The summed E-state index contributed by atoms with van der Waals surface area (Å²) in [7, 11) is 0. The molecular weight excluding hydrogens is 421 g/mol. The van der Waals surface area contributed by atoms with Gasteiger partial charge >= 0.3 is 0 Å². The van der Waals surface area contributed by atoms with E-state index < -0.39 is 0 Å². The summed E-state index contributed by atoms with van der Waals surface area (Å²) in [6, 6.07) is 13.7. The number of rotatable bonds is 5. The minimum atomic E-state index is 0.193. The van der Waals surface area contributed by atoms with Crippen molar-refractivity contribution < 1.29 is 0 Å². The van der Waals surface area contributed by atoms with Crippen LogP contribution in [0.25, 0.3) is 0 Å². The van der Waals surface area contributed by atoms with Crippen molar-refractivity contribution in [1.82, 2.24) is 19.9 Å². The van der Waals surface area contributed by atoms with E-state index in [0.717, 1.165) is 48.1 Å². The lowest BCUT2D eigenvalue weighted by Crippen LogP contribution is -2.46. The fourth-order valence-electron chi connectivity index (χ4n) is 3.40. The van der Waals surface area contributed by atoms with Gasteiger partial charge in [-0.15, -0.1) is 0 Å². The first-order chi connectivity index (χ1) is 14.5. The minimum absolute atomic E-state index is 0.193. The number of anilines is 4. The summed E-state index contributed by atoms with van der Waals surface area (Å²) >= 11 is 12.3. The van der Waals surface area contributed by atoms with E-state index in [4.69, 9.17) is 28.9 Å². The van der Waals surface area contributed by atoms with E-state index in [1.165, 1.54) is 0 Å². The van der Waals surface area contributed by atoms with Gasteiger partial charge in [-0.2, -0.15) is 15.0 Å². The second-order valence-corrected chi connectivity index (χ2v) is 8.11. The number of nitrogens with two attached hydrogens (primary N) is 1. The van der Waals surface area contributed by atoms with E-state index in [1.807, 2.05) is 43.3 Å². The predicted octanol–water partition coefficient (Wildman–Crippen LogP) is 4.13. The maximum Gasteiger partial charge on any atom is 0.232 e. The molecular formula is C21H23Cl2N7. The quantitative estimate of drug-likeness (QED) is 0.612. The number of nitrogens with one attached hydrogen (secondary N) is 1. The fourth-order valence-corrected chi connectivity index (χ4v) is 3.77. The number of hydrogen-bond donors (Lipinski definition) is 2. The molecule has 1 aromatic heterocycles. The van der Waals surface area contributed by atoms with E-state index >= 15 is 0 Å². The zero-order valence-electron chi connectivity index (χ0n) is 16.6. The molecule has 0 amide bonds. The molecule has 0 aliphatic carbocycles. The first kappa shape index (κ1) is 20.7. The van der Waals surface area contributed by atoms with Crippen LogP contribution < -0.4 is 16.0 Å². The van der Waals surface area contributed by atoms with Gasteiger partial charge in [-0.25, -0.2) is 0 Å². The van der Waals surface area contributed by atoms with Crippen molar-refractivity contribution in [3.8, 4) is 0 Å². The lowest BCUT2D eigenvalue weighted by molar-refractivity contribution is 0.244. The van der Waals surface area contributed by atoms with Crippen LogP contribution in [-0.4, -0.2) is 46.0 Å². The highest BCUT2D eigenvalue weighted by atomic mass is 35.5. The molecule has 0 spiro atoms.